The molecular weight excluding hydrogens is 369 g/mol. The first-order valence-corrected chi connectivity index (χ1v) is 9.48. The molecule has 4 rings (SSSR count). The van der Waals surface area contributed by atoms with Crippen LogP contribution in [0.3, 0.4) is 0 Å². The van der Waals surface area contributed by atoms with Gasteiger partial charge in [-0.3, -0.25) is 0 Å². The van der Waals surface area contributed by atoms with Gasteiger partial charge < -0.3 is 14.2 Å². The van der Waals surface area contributed by atoms with Gasteiger partial charge in [-0.15, -0.1) is 0 Å². The fourth-order valence-electron chi connectivity index (χ4n) is 3.96. The van der Waals surface area contributed by atoms with Crippen LogP contribution in [0, 0.1) is 17.5 Å². The fourth-order valence-corrected chi connectivity index (χ4v) is 3.96. The molecule has 0 aromatic heterocycles. The normalized spacial score (nSPS) is 20.1. The second-order valence-corrected chi connectivity index (χ2v) is 6.82. The van der Waals surface area contributed by atoms with Crippen LogP contribution in [0.25, 0.3) is 5.57 Å². The molecule has 2 atom stereocenters. The Labute approximate surface area is 161 Å². The van der Waals surface area contributed by atoms with Gasteiger partial charge in [0.2, 0.25) is 11.6 Å². The molecule has 1 heterocycles. The third-order valence-electron chi connectivity index (χ3n) is 5.22. The van der Waals surface area contributed by atoms with Gasteiger partial charge in [0.25, 0.3) is 0 Å². The molecule has 0 bridgehead atoms. The fraction of sp³-hybridized carbons (Fsp3) is 0.364. The summed E-state index contributed by atoms with van der Waals surface area (Å²) in [5.74, 6) is -2.21. The summed E-state index contributed by atoms with van der Waals surface area (Å²) in [4.78, 5) is 0. The average Bonchev–Trinajstić information content (AvgIpc) is 3.07. The maximum Gasteiger partial charge on any atom is 0.207 e. The summed E-state index contributed by atoms with van der Waals surface area (Å²) in [5.41, 5.74) is 1.63. The highest BCUT2D eigenvalue weighted by Crippen LogP contribution is 2.49. The highest BCUT2D eigenvalue weighted by Gasteiger charge is 2.39. The molecule has 2 aliphatic rings. The first kappa shape index (κ1) is 18.7. The Kier molecular flexibility index (Phi) is 4.96. The number of fused-ring (bicyclic) bond motifs is 3. The minimum Gasteiger partial charge on any atom is -0.491 e. The van der Waals surface area contributed by atoms with E-state index in [-0.39, 0.29) is 35.3 Å². The Morgan fingerprint density at radius 1 is 0.929 bits per heavy atom. The van der Waals surface area contributed by atoms with Crippen LogP contribution >= 0.6 is 0 Å². The number of ether oxygens (including phenoxy) is 3. The molecule has 0 N–H and O–H groups in total. The third-order valence-corrected chi connectivity index (χ3v) is 5.22. The molecule has 0 spiro atoms. The molecule has 0 saturated heterocycles. The zero-order chi connectivity index (χ0) is 19.8. The van der Waals surface area contributed by atoms with Crippen molar-refractivity contribution >= 4 is 5.57 Å². The van der Waals surface area contributed by atoms with Crippen molar-refractivity contribution in [2.45, 2.75) is 38.7 Å². The number of allylic oxidation sites excluding steroid dienone is 1. The summed E-state index contributed by atoms with van der Waals surface area (Å²) >= 11 is 0. The van der Waals surface area contributed by atoms with Crippen molar-refractivity contribution in [3.8, 4) is 17.2 Å². The molecule has 1 unspecified atom stereocenters. The van der Waals surface area contributed by atoms with E-state index in [0.717, 1.165) is 5.56 Å². The molecule has 0 radical (unpaired) electrons. The van der Waals surface area contributed by atoms with Crippen LogP contribution in [0.1, 0.15) is 43.7 Å². The summed E-state index contributed by atoms with van der Waals surface area (Å²) in [7, 11) is 0. The van der Waals surface area contributed by atoms with Gasteiger partial charge in [0.05, 0.1) is 13.2 Å². The number of halogens is 3. The molecule has 1 aliphatic heterocycles. The van der Waals surface area contributed by atoms with Gasteiger partial charge in [-0.1, -0.05) is 6.07 Å². The lowest BCUT2D eigenvalue weighted by Crippen LogP contribution is -2.20. The van der Waals surface area contributed by atoms with E-state index in [1.807, 2.05) is 6.07 Å². The van der Waals surface area contributed by atoms with Crippen molar-refractivity contribution in [2.75, 3.05) is 13.2 Å². The maximum atomic E-state index is 14.7. The van der Waals surface area contributed by atoms with Crippen molar-refractivity contribution in [1.29, 1.82) is 0 Å². The zero-order valence-electron chi connectivity index (χ0n) is 15.7. The van der Waals surface area contributed by atoms with Gasteiger partial charge in [-0.2, -0.15) is 8.78 Å². The number of hydrogen-bond donors (Lipinski definition) is 0. The largest absolute Gasteiger partial charge is 0.491 e. The summed E-state index contributed by atoms with van der Waals surface area (Å²) in [6.07, 6.45) is 2.56. The average molecular weight is 390 g/mol. The van der Waals surface area contributed by atoms with Gasteiger partial charge in [0.1, 0.15) is 6.10 Å². The van der Waals surface area contributed by atoms with Gasteiger partial charge in [-0.25, -0.2) is 4.39 Å². The van der Waals surface area contributed by atoms with Crippen LogP contribution in [0.15, 0.2) is 30.3 Å². The first-order valence-electron chi connectivity index (χ1n) is 9.48. The van der Waals surface area contributed by atoms with Gasteiger partial charge >= 0.3 is 0 Å². The molecule has 3 nitrogen and oxygen atoms in total. The molecule has 0 amide bonds. The molecule has 148 valence electrons. The first-order chi connectivity index (χ1) is 13.5. The lowest BCUT2D eigenvalue weighted by Gasteiger charge is -2.24. The second-order valence-electron chi connectivity index (χ2n) is 6.82. The minimum absolute atomic E-state index is 0.0143. The van der Waals surface area contributed by atoms with Crippen molar-refractivity contribution in [3.63, 3.8) is 0 Å². The SMILES string of the molecule is CCOc1ccc(C2=CC3Oc4c(ccc(OCC)c4F)[C@@H]3CC2)c(F)c1F. The molecule has 1 aliphatic carbocycles. The van der Waals surface area contributed by atoms with Crippen LogP contribution in [0.4, 0.5) is 13.2 Å². The lowest BCUT2D eigenvalue weighted by atomic mass is 9.82. The Morgan fingerprint density at radius 3 is 2.32 bits per heavy atom. The summed E-state index contributed by atoms with van der Waals surface area (Å²) < 4.78 is 59.7. The van der Waals surface area contributed by atoms with E-state index in [0.29, 0.717) is 25.0 Å². The molecule has 0 fully saturated rings. The molecule has 2 aromatic rings. The molecule has 6 heteroatoms. The Bertz CT molecular complexity index is 939. The van der Waals surface area contributed by atoms with E-state index < -0.39 is 23.6 Å². The Morgan fingerprint density at radius 2 is 1.61 bits per heavy atom. The van der Waals surface area contributed by atoms with Gasteiger partial charge in [0.15, 0.2) is 23.1 Å². The number of hydrogen-bond acceptors (Lipinski definition) is 3. The quantitative estimate of drug-likeness (QED) is 0.663. The predicted molar refractivity (Wildman–Crippen MR) is 99.5 cm³/mol. The Balaban J connectivity index is 1.65. The number of rotatable bonds is 5. The monoisotopic (exact) mass is 390 g/mol. The molecule has 2 aromatic carbocycles. The summed E-state index contributed by atoms with van der Waals surface area (Å²) in [5, 5.41) is 0. The predicted octanol–water partition coefficient (Wildman–Crippen LogP) is 5.62. The van der Waals surface area contributed by atoms with Gasteiger partial charge in [-0.05, 0) is 56.5 Å². The van der Waals surface area contributed by atoms with Crippen LogP contribution in [-0.4, -0.2) is 19.3 Å². The topological polar surface area (TPSA) is 27.7 Å². The smallest absolute Gasteiger partial charge is 0.207 e. The van der Waals surface area contributed by atoms with E-state index in [1.165, 1.54) is 12.1 Å². The molecular formula is C22H21F3O3. The highest BCUT2D eigenvalue weighted by molar-refractivity contribution is 5.69. The van der Waals surface area contributed by atoms with Crippen molar-refractivity contribution in [2.24, 2.45) is 0 Å². The van der Waals surface area contributed by atoms with Crippen LogP contribution < -0.4 is 14.2 Å². The van der Waals surface area contributed by atoms with E-state index >= 15 is 0 Å². The third kappa shape index (κ3) is 3.01. The van der Waals surface area contributed by atoms with Crippen molar-refractivity contribution < 1.29 is 27.4 Å². The standard InChI is InChI=1S/C22H21F3O3/c1-3-26-16-9-7-13(19(23)20(16)24)12-5-6-14-15-8-10-17(27-4-2)21(25)22(15)28-18(14)11-12/h7-11,14,18H,3-6H2,1-2H3/t14-,18?/m0/s1. The van der Waals surface area contributed by atoms with Gasteiger partial charge in [0, 0.05) is 17.0 Å². The van der Waals surface area contributed by atoms with Crippen LogP contribution in [0.2, 0.25) is 0 Å². The van der Waals surface area contributed by atoms with Crippen LogP contribution in [-0.2, 0) is 0 Å². The van der Waals surface area contributed by atoms with E-state index in [9.17, 15) is 13.2 Å². The zero-order valence-corrected chi connectivity index (χ0v) is 15.7. The maximum absolute atomic E-state index is 14.7. The van der Waals surface area contributed by atoms with E-state index in [2.05, 4.69) is 0 Å². The van der Waals surface area contributed by atoms with Crippen molar-refractivity contribution in [1.82, 2.24) is 0 Å². The van der Waals surface area contributed by atoms with E-state index in [1.54, 1.807) is 26.0 Å². The summed E-state index contributed by atoms with van der Waals surface area (Å²) in [6, 6.07) is 6.39. The van der Waals surface area contributed by atoms with Crippen LogP contribution in [0.5, 0.6) is 17.2 Å². The lowest BCUT2D eigenvalue weighted by molar-refractivity contribution is 0.233. The van der Waals surface area contributed by atoms with E-state index in [4.69, 9.17) is 14.2 Å². The second kappa shape index (κ2) is 7.41. The number of benzene rings is 2. The Hall–Kier alpha value is -2.63. The summed E-state index contributed by atoms with van der Waals surface area (Å²) in [6.45, 7) is 4.10. The molecule has 0 saturated carbocycles. The molecule has 28 heavy (non-hydrogen) atoms. The minimum atomic E-state index is -0.995. The highest BCUT2D eigenvalue weighted by atomic mass is 19.2. The van der Waals surface area contributed by atoms with Crippen molar-refractivity contribution in [3.05, 3.63) is 58.9 Å².